The molecule has 1 aliphatic heterocycles. The predicted octanol–water partition coefficient (Wildman–Crippen LogP) is 3.99. The van der Waals surface area contributed by atoms with E-state index in [-0.39, 0.29) is 5.91 Å². The van der Waals surface area contributed by atoms with Gasteiger partial charge in [-0.15, -0.1) is 0 Å². The van der Waals surface area contributed by atoms with Gasteiger partial charge in [-0.3, -0.25) is 4.79 Å². The molecular weight excluding hydrogens is 422 g/mol. The molecule has 0 aromatic heterocycles. The standard InChI is InChI=1S/C22H22BrNO4/c1-15(22(26)24-12-11-16-5-3-4-6-18(16)14-24)28-21(25)10-7-17-13-19(23)8-9-20(17)27-2/h3-10,13,15H,11-12,14H2,1-2H3/b10-7+. The summed E-state index contributed by atoms with van der Waals surface area (Å²) in [7, 11) is 1.57. The molecule has 1 aliphatic rings. The van der Waals surface area contributed by atoms with Crippen LogP contribution < -0.4 is 4.74 Å². The van der Waals surface area contributed by atoms with Crippen LogP contribution in [0.1, 0.15) is 23.6 Å². The van der Waals surface area contributed by atoms with Crippen molar-refractivity contribution in [1.29, 1.82) is 0 Å². The fourth-order valence-electron chi connectivity index (χ4n) is 3.20. The quantitative estimate of drug-likeness (QED) is 0.517. The molecule has 1 heterocycles. The number of methoxy groups -OCH3 is 1. The second-order valence-electron chi connectivity index (χ2n) is 6.58. The minimum atomic E-state index is -0.841. The molecule has 3 rings (SSSR count). The first-order chi connectivity index (χ1) is 13.5. The van der Waals surface area contributed by atoms with Gasteiger partial charge in [0.25, 0.3) is 5.91 Å². The highest BCUT2D eigenvalue weighted by molar-refractivity contribution is 9.10. The van der Waals surface area contributed by atoms with Crippen molar-refractivity contribution >= 4 is 33.9 Å². The Morgan fingerprint density at radius 2 is 1.93 bits per heavy atom. The number of halogens is 1. The molecule has 0 bridgehead atoms. The van der Waals surface area contributed by atoms with Crippen LogP contribution in [0.2, 0.25) is 0 Å². The van der Waals surface area contributed by atoms with Crippen LogP contribution in [-0.2, 0) is 27.3 Å². The van der Waals surface area contributed by atoms with Gasteiger partial charge in [-0.25, -0.2) is 4.79 Å². The lowest BCUT2D eigenvalue weighted by Gasteiger charge is -2.30. The van der Waals surface area contributed by atoms with Gasteiger partial charge in [-0.2, -0.15) is 0 Å². The van der Waals surface area contributed by atoms with Crippen molar-refractivity contribution in [3.05, 3.63) is 69.7 Å². The topological polar surface area (TPSA) is 55.8 Å². The van der Waals surface area contributed by atoms with Crippen LogP contribution in [0.25, 0.3) is 6.08 Å². The zero-order valence-electron chi connectivity index (χ0n) is 15.9. The number of rotatable bonds is 5. The van der Waals surface area contributed by atoms with Crippen LogP contribution in [0.3, 0.4) is 0 Å². The number of hydrogen-bond donors (Lipinski definition) is 0. The molecule has 1 amide bonds. The molecule has 5 nitrogen and oxygen atoms in total. The molecule has 0 fully saturated rings. The Morgan fingerprint density at radius 3 is 2.68 bits per heavy atom. The molecule has 1 atom stereocenters. The number of esters is 1. The number of benzene rings is 2. The van der Waals surface area contributed by atoms with Crippen LogP contribution in [0.15, 0.2) is 53.0 Å². The van der Waals surface area contributed by atoms with Crippen molar-refractivity contribution in [2.45, 2.75) is 26.0 Å². The van der Waals surface area contributed by atoms with Gasteiger partial charge in [0.15, 0.2) is 6.10 Å². The van der Waals surface area contributed by atoms with E-state index in [2.05, 4.69) is 22.0 Å². The Hall–Kier alpha value is -2.60. The summed E-state index contributed by atoms with van der Waals surface area (Å²) in [5.74, 6) is -0.111. The molecule has 28 heavy (non-hydrogen) atoms. The molecule has 6 heteroatoms. The van der Waals surface area contributed by atoms with E-state index in [0.717, 1.165) is 22.0 Å². The summed E-state index contributed by atoms with van der Waals surface area (Å²) in [6.45, 7) is 2.78. The maximum atomic E-state index is 12.7. The molecule has 0 radical (unpaired) electrons. The van der Waals surface area contributed by atoms with Crippen LogP contribution in [0, 0.1) is 0 Å². The smallest absolute Gasteiger partial charge is 0.331 e. The summed E-state index contributed by atoms with van der Waals surface area (Å²) in [6, 6.07) is 13.6. The van der Waals surface area contributed by atoms with Gasteiger partial charge in [0.05, 0.1) is 7.11 Å². The molecule has 0 saturated carbocycles. The number of fused-ring (bicyclic) bond motifs is 1. The highest BCUT2D eigenvalue weighted by Gasteiger charge is 2.26. The highest BCUT2D eigenvalue weighted by Crippen LogP contribution is 2.24. The largest absolute Gasteiger partial charge is 0.496 e. The molecular formula is C22H22BrNO4. The number of ether oxygens (including phenoxy) is 2. The molecule has 146 valence electrons. The maximum absolute atomic E-state index is 12.7. The maximum Gasteiger partial charge on any atom is 0.331 e. The fraction of sp³-hybridized carbons (Fsp3) is 0.273. The first-order valence-electron chi connectivity index (χ1n) is 9.05. The summed E-state index contributed by atoms with van der Waals surface area (Å²) in [4.78, 5) is 26.6. The van der Waals surface area contributed by atoms with Crippen LogP contribution >= 0.6 is 15.9 Å². The number of hydrogen-bond acceptors (Lipinski definition) is 4. The Bertz CT molecular complexity index is 909. The fourth-order valence-corrected chi connectivity index (χ4v) is 3.58. The molecule has 0 N–H and O–H groups in total. The van der Waals surface area contributed by atoms with Gasteiger partial charge in [0.1, 0.15) is 5.75 Å². The number of carbonyl (C=O) groups excluding carboxylic acids is 2. The van der Waals surface area contributed by atoms with E-state index in [1.807, 2.05) is 30.3 Å². The summed E-state index contributed by atoms with van der Waals surface area (Å²) < 4.78 is 11.5. The average Bonchev–Trinajstić information content (AvgIpc) is 2.71. The number of nitrogens with zero attached hydrogens (tertiary/aromatic N) is 1. The van der Waals surface area contributed by atoms with Gasteiger partial charge in [0.2, 0.25) is 0 Å². The lowest BCUT2D eigenvalue weighted by molar-refractivity contribution is -0.155. The number of amides is 1. The normalized spacial score (nSPS) is 14.5. The van der Waals surface area contributed by atoms with Crippen LogP contribution in [0.5, 0.6) is 5.75 Å². The minimum absolute atomic E-state index is 0.184. The van der Waals surface area contributed by atoms with Gasteiger partial charge in [-0.05, 0) is 48.7 Å². The molecule has 0 saturated heterocycles. The third-order valence-electron chi connectivity index (χ3n) is 4.67. The van der Waals surface area contributed by atoms with Gasteiger partial charge < -0.3 is 14.4 Å². The summed E-state index contributed by atoms with van der Waals surface area (Å²) in [6.07, 6.45) is 2.89. The molecule has 0 aliphatic carbocycles. The second-order valence-corrected chi connectivity index (χ2v) is 7.49. The molecule has 1 unspecified atom stereocenters. The molecule has 2 aromatic rings. The van der Waals surface area contributed by atoms with E-state index in [0.29, 0.717) is 18.8 Å². The van der Waals surface area contributed by atoms with E-state index in [9.17, 15) is 9.59 Å². The van der Waals surface area contributed by atoms with E-state index in [1.165, 1.54) is 11.6 Å². The monoisotopic (exact) mass is 443 g/mol. The summed E-state index contributed by atoms with van der Waals surface area (Å²) in [5, 5.41) is 0. The van der Waals surface area contributed by atoms with E-state index in [4.69, 9.17) is 9.47 Å². The number of carbonyl (C=O) groups is 2. The van der Waals surface area contributed by atoms with Gasteiger partial charge >= 0.3 is 5.97 Å². The zero-order chi connectivity index (χ0) is 20.1. The van der Waals surface area contributed by atoms with Crippen LogP contribution in [0.4, 0.5) is 0 Å². The van der Waals surface area contributed by atoms with Crippen molar-refractivity contribution in [2.75, 3.05) is 13.7 Å². The zero-order valence-corrected chi connectivity index (χ0v) is 17.4. The Kier molecular flexibility index (Phi) is 6.52. The third-order valence-corrected chi connectivity index (χ3v) is 5.17. The first kappa shape index (κ1) is 20.1. The second kappa shape index (κ2) is 9.06. The van der Waals surface area contributed by atoms with E-state index < -0.39 is 12.1 Å². The van der Waals surface area contributed by atoms with E-state index >= 15 is 0 Å². The predicted molar refractivity (Wildman–Crippen MR) is 111 cm³/mol. The lowest BCUT2D eigenvalue weighted by atomic mass is 9.99. The van der Waals surface area contributed by atoms with Crippen molar-refractivity contribution in [1.82, 2.24) is 4.90 Å². The Morgan fingerprint density at radius 1 is 1.18 bits per heavy atom. The Labute approximate surface area is 173 Å². The Balaban J connectivity index is 1.60. The SMILES string of the molecule is COc1ccc(Br)cc1/C=C/C(=O)OC(C)C(=O)N1CCc2ccccc2C1. The molecule has 0 spiro atoms. The van der Waals surface area contributed by atoms with E-state index in [1.54, 1.807) is 31.1 Å². The third kappa shape index (κ3) is 4.81. The lowest BCUT2D eigenvalue weighted by Crippen LogP contribution is -2.42. The van der Waals surface area contributed by atoms with Crippen molar-refractivity contribution in [2.24, 2.45) is 0 Å². The van der Waals surface area contributed by atoms with Crippen molar-refractivity contribution in [3.63, 3.8) is 0 Å². The summed E-state index contributed by atoms with van der Waals surface area (Å²) >= 11 is 3.39. The van der Waals surface area contributed by atoms with Gasteiger partial charge in [0, 0.05) is 29.2 Å². The van der Waals surface area contributed by atoms with Crippen LogP contribution in [-0.4, -0.2) is 36.5 Å². The highest BCUT2D eigenvalue weighted by atomic mass is 79.9. The van der Waals surface area contributed by atoms with Gasteiger partial charge in [-0.1, -0.05) is 40.2 Å². The molecule has 2 aromatic carbocycles. The van der Waals surface area contributed by atoms with Crippen molar-refractivity contribution in [3.8, 4) is 5.75 Å². The van der Waals surface area contributed by atoms with Crippen molar-refractivity contribution < 1.29 is 19.1 Å². The summed E-state index contributed by atoms with van der Waals surface area (Å²) in [5.41, 5.74) is 3.14. The minimum Gasteiger partial charge on any atom is -0.496 e. The first-order valence-corrected chi connectivity index (χ1v) is 9.85. The average molecular weight is 444 g/mol.